The highest BCUT2D eigenvalue weighted by Gasteiger charge is 2.35. The van der Waals surface area contributed by atoms with Crippen molar-refractivity contribution in [2.75, 3.05) is 17.4 Å². The van der Waals surface area contributed by atoms with Gasteiger partial charge in [0.15, 0.2) is 0 Å². The van der Waals surface area contributed by atoms with E-state index in [1.165, 1.54) is 30.0 Å². The smallest absolute Gasteiger partial charge is 0.354 e. The molecule has 11 heteroatoms. The maximum atomic E-state index is 13.9. The minimum Gasteiger partial charge on any atom is -0.354 e. The summed E-state index contributed by atoms with van der Waals surface area (Å²) in [7, 11) is -4.49. The van der Waals surface area contributed by atoms with Gasteiger partial charge in [0.25, 0.3) is 10.0 Å². The van der Waals surface area contributed by atoms with Crippen LogP contribution in [0.1, 0.15) is 48.9 Å². The van der Waals surface area contributed by atoms with Crippen molar-refractivity contribution < 1.29 is 31.2 Å². The number of carbonyl (C=O) groups is 2. The van der Waals surface area contributed by atoms with Crippen LogP contribution in [0.15, 0.2) is 77.7 Å². The highest BCUT2D eigenvalue weighted by molar-refractivity contribution is 7.92. The molecule has 0 aliphatic heterocycles. The maximum Gasteiger partial charge on any atom is 0.416 e. The van der Waals surface area contributed by atoms with E-state index >= 15 is 0 Å². The lowest BCUT2D eigenvalue weighted by Crippen LogP contribution is -2.51. The number of nitrogens with one attached hydrogen (secondary N) is 1. The molecule has 1 atom stereocenters. The molecule has 42 heavy (non-hydrogen) atoms. The lowest BCUT2D eigenvalue weighted by atomic mass is 10.1. The molecule has 0 aliphatic rings. The Labute approximate surface area is 245 Å². The summed E-state index contributed by atoms with van der Waals surface area (Å²) in [5.41, 5.74) is 1.09. The molecule has 0 aliphatic carbocycles. The normalized spacial score (nSPS) is 12.5. The Morgan fingerprint density at radius 2 is 1.52 bits per heavy atom. The third-order valence-electron chi connectivity index (χ3n) is 6.82. The summed E-state index contributed by atoms with van der Waals surface area (Å²) in [6.45, 7) is 6.75. The van der Waals surface area contributed by atoms with Crippen molar-refractivity contribution in [1.29, 1.82) is 0 Å². The number of alkyl halides is 3. The summed E-state index contributed by atoms with van der Waals surface area (Å²) in [6.07, 6.45) is -3.14. The van der Waals surface area contributed by atoms with Gasteiger partial charge < -0.3 is 10.2 Å². The predicted molar refractivity (Wildman–Crippen MR) is 156 cm³/mol. The Morgan fingerprint density at radius 3 is 2.10 bits per heavy atom. The van der Waals surface area contributed by atoms with Gasteiger partial charge in [-0.3, -0.25) is 13.9 Å². The number of nitrogens with zero attached hydrogens (tertiary/aromatic N) is 2. The standard InChI is InChI=1S/C31H36F3N3O4S/c1-5-6-18-35-30(39)24(4)36(20-25-14-10-22(2)11-15-25)29(38)21-37(27-9-7-8-26(19-27)31(32,33)34)42(40,41)28-16-12-23(3)13-17-28/h7-17,19,24H,5-6,18,20-21H2,1-4H3,(H,35,39)/t24-/m1/s1. The van der Waals surface area contributed by atoms with E-state index in [0.29, 0.717) is 22.5 Å². The molecule has 3 aromatic carbocycles. The first-order valence-electron chi connectivity index (χ1n) is 13.6. The second kappa shape index (κ2) is 13.9. The van der Waals surface area contributed by atoms with Gasteiger partial charge in [0.2, 0.25) is 11.8 Å². The van der Waals surface area contributed by atoms with Crippen LogP contribution in [0.2, 0.25) is 0 Å². The van der Waals surface area contributed by atoms with Crippen LogP contribution in [0.3, 0.4) is 0 Å². The molecule has 3 rings (SSSR count). The van der Waals surface area contributed by atoms with Crippen LogP contribution >= 0.6 is 0 Å². The fourth-order valence-corrected chi connectivity index (χ4v) is 5.62. The number of hydrogen-bond donors (Lipinski definition) is 1. The van der Waals surface area contributed by atoms with Crippen LogP contribution in [-0.4, -0.2) is 44.3 Å². The van der Waals surface area contributed by atoms with Gasteiger partial charge in [-0.25, -0.2) is 8.42 Å². The molecular weight excluding hydrogens is 567 g/mol. The number of halogens is 3. The van der Waals surface area contributed by atoms with Crippen molar-refractivity contribution in [2.24, 2.45) is 0 Å². The van der Waals surface area contributed by atoms with Crippen molar-refractivity contribution in [3.63, 3.8) is 0 Å². The van der Waals surface area contributed by atoms with E-state index < -0.39 is 46.2 Å². The Hall–Kier alpha value is -3.86. The SMILES string of the molecule is CCCCNC(=O)[C@@H](C)N(Cc1ccc(C)cc1)C(=O)CN(c1cccc(C(F)(F)F)c1)S(=O)(=O)c1ccc(C)cc1. The quantitative estimate of drug-likeness (QED) is 0.263. The monoisotopic (exact) mass is 603 g/mol. The second-order valence-corrected chi connectivity index (χ2v) is 12.1. The number of anilines is 1. The van der Waals surface area contributed by atoms with E-state index in [1.807, 2.05) is 26.0 Å². The summed E-state index contributed by atoms with van der Waals surface area (Å²) in [6, 6.07) is 15.9. The molecule has 0 heterocycles. The average molecular weight is 604 g/mol. The first kappa shape index (κ1) is 32.7. The molecule has 0 fully saturated rings. The second-order valence-electron chi connectivity index (χ2n) is 10.2. The summed E-state index contributed by atoms with van der Waals surface area (Å²) in [5.74, 6) is -1.17. The third kappa shape index (κ3) is 8.34. The molecule has 3 aromatic rings. The zero-order valence-electron chi connectivity index (χ0n) is 24.1. The molecule has 0 spiro atoms. The van der Waals surface area contributed by atoms with E-state index in [1.54, 1.807) is 31.2 Å². The van der Waals surface area contributed by atoms with Crippen molar-refractivity contribution in [3.8, 4) is 0 Å². The predicted octanol–water partition coefficient (Wildman–Crippen LogP) is 5.85. The minimum absolute atomic E-state index is 0.0114. The lowest BCUT2D eigenvalue weighted by Gasteiger charge is -2.32. The molecule has 1 N–H and O–H groups in total. The number of carbonyl (C=O) groups excluding carboxylic acids is 2. The van der Waals surface area contributed by atoms with Gasteiger partial charge in [-0.2, -0.15) is 13.2 Å². The van der Waals surface area contributed by atoms with Crippen molar-refractivity contribution >= 4 is 27.5 Å². The number of sulfonamides is 1. The summed E-state index contributed by atoms with van der Waals surface area (Å²) in [4.78, 5) is 28.0. The molecule has 0 saturated heterocycles. The number of hydrogen-bond acceptors (Lipinski definition) is 4. The fraction of sp³-hybridized carbons (Fsp3) is 0.355. The Balaban J connectivity index is 2.06. The molecule has 0 unspecified atom stereocenters. The van der Waals surface area contributed by atoms with Crippen LogP contribution in [0.25, 0.3) is 0 Å². The topological polar surface area (TPSA) is 86.8 Å². The van der Waals surface area contributed by atoms with Gasteiger partial charge in [0.05, 0.1) is 16.1 Å². The first-order chi connectivity index (χ1) is 19.7. The maximum absolute atomic E-state index is 13.9. The van der Waals surface area contributed by atoms with Gasteiger partial charge in [-0.1, -0.05) is 66.9 Å². The van der Waals surface area contributed by atoms with E-state index in [2.05, 4.69) is 5.32 Å². The van der Waals surface area contributed by atoms with Crippen molar-refractivity contribution in [3.05, 3.63) is 95.1 Å². The van der Waals surface area contributed by atoms with Crippen molar-refractivity contribution in [2.45, 2.75) is 64.2 Å². The fourth-order valence-electron chi connectivity index (χ4n) is 4.21. The largest absolute Gasteiger partial charge is 0.416 e. The molecule has 7 nitrogen and oxygen atoms in total. The van der Waals surface area contributed by atoms with Gasteiger partial charge >= 0.3 is 6.18 Å². The highest BCUT2D eigenvalue weighted by Crippen LogP contribution is 2.33. The molecule has 0 bridgehead atoms. The molecule has 226 valence electrons. The first-order valence-corrected chi connectivity index (χ1v) is 15.1. The molecule has 0 saturated carbocycles. The third-order valence-corrected chi connectivity index (χ3v) is 8.61. The Bertz CT molecular complexity index is 1470. The molecule has 0 radical (unpaired) electrons. The van der Waals surface area contributed by atoms with Gasteiger partial charge in [-0.15, -0.1) is 0 Å². The Morgan fingerprint density at radius 1 is 0.929 bits per heavy atom. The van der Waals surface area contributed by atoms with Gasteiger partial charge in [-0.05, 0) is 63.1 Å². The summed E-state index contributed by atoms with van der Waals surface area (Å²) < 4.78 is 69.1. The van der Waals surface area contributed by atoms with E-state index in [0.717, 1.165) is 36.1 Å². The minimum atomic E-state index is -4.73. The number of rotatable bonds is 12. The van der Waals surface area contributed by atoms with Crippen LogP contribution in [0, 0.1) is 13.8 Å². The molecule has 2 amide bonds. The van der Waals surface area contributed by atoms with E-state index in [-0.39, 0.29) is 17.1 Å². The highest BCUT2D eigenvalue weighted by atomic mass is 32.2. The summed E-state index contributed by atoms with van der Waals surface area (Å²) in [5, 5.41) is 2.79. The van der Waals surface area contributed by atoms with Crippen LogP contribution in [-0.2, 0) is 32.3 Å². The van der Waals surface area contributed by atoms with Crippen LogP contribution < -0.4 is 9.62 Å². The summed E-state index contributed by atoms with van der Waals surface area (Å²) >= 11 is 0. The van der Waals surface area contributed by atoms with Crippen LogP contribution in [0.4, 0.5) is 18.9 Å². The number of benzene rings is 3. The zero-order chi connectivity index (χ0) is 31.1. The van der Waals surface area contributed by atoms with Gasteiger partial charge in [0.1, 0.15) is 12.6 Å². The van der Waals surface area contributed by atoms with Gasteiger partial charge in [0, 0.05) is 13.1 Å². The molecular formula is C31H36F3N3O4S. The van der Waals surface area contributed by atoms with Crippen molar-refractivity contribution in [1.82, 2.24) is 10.2 Å². The number of amides is 2. The lowest BCUT2D eigenvalue weighted by molar-refractivity contribution is -0.139. The Kier molecular flexibility index (Phi) is 10.8. The molecule has 0 aromatic heterocycles. The van der Waals surface area contributed by atoms with E-state index in [4.69, 9.17) is 0 Å². The number of aryl methyl sites for hydroxylation is 2. The van der Waals surface area contributed by atoms with E-state index in [9.17, 15) is 31.2 Å². The van der Waals surface area contributed by atoms with Crippen LogP contribution in [0.5, 0.6) is 0 Å². The number of unbranched alkanes of at least 4 members (excludes halogenated alkanes) is 1. The zero-order valence-corrected chi connectivity index (χ0v) is 24.9. The average Bonchev–Trinajstić information content (AvgIpc) is 2.95.